The van der Waals surface area contributed by atoms with Crippen LogP contribution in [0.3, 0.4) is 0 Å². The van der Waals surface area contributed by atoms with Crippen molar-refractivity contribution in [3.63, 3.8) is 0 Å². The normalized spacial score (nSPS) is 10.9. The molecule has 1 N–H and O–H groups in total. The van der Waals surface area contributed by atoms with Gasteiger partial charge in [0.1, 0.15) is 23.6 Å². The smallest absolute Gasteiger partial charge is 0.145 e. The highest BCUT2D eigenvalue weighted by Crippen LogP contribution is 2.19. The first-order valence-corrected chi connectivity index (χ1v) is 6.48. The van der Waals surface area contributed by atoms with Crippen molar-refractivity contribution in [2.75, 3.05) is 11.9 Å². The summed E-state index contributed by atoms with van der Waals surface area (Å²) in [5.74, 6) is 0.626. The van der Waals surface area contributed by atoms with Gasteiger partial charge in [-0.25, -0.2) is 14.4 Å². The number of hydrogen-bond acceptors (Lipinski definition) is 3. The maximum atomic E-state index is 12.8. The predicted octanol–water partition coefficient (Wildman–Crippen LogP) is 2.76. The average Bonchev–Trinajstić information content (AvgIpc) is 2.84. The first-order valence-electron chi connectivity index (χ1n) is 6.48. The molecule has 0 spiro atoms. The molecule has 2 heterocycles. The molecular formula is C15H15FN4. The lowest BCUT2D eigenvalue weighted by Gasteiger charge is -2.07. The van der Waals surface area contributed by atoms with Gasteiger partial charge in [-0.15, -0.1) is 0 Å². The van der Waals surface area contributed by atoms with Crippen LogP contribution in [0, 0.1) is 5.82 Å². The topological polar surface area (TPSA) is 42.7 Å². The molecule has 4 nitrogen and oxygen atoms in total. The number of hydrogen-bond donors (Lipinski definition) is 1. The van der Waals surface area contributed by atoms with Crippen molar-refractivity contribution < 1.29 is 4.39 Å². The third-order valence-corrected chi connectivity index (χ3v) is 3.28. The molecule has 5 heteroatoms. The van der Waals surface area contributed by atoms with Crippen LogP contribution in [0.15, 0.2) is 42.9 Å². The van der Waals surface area contributed by atoms with Crippen LogP contribution in [0.1, 0.15) is 5.56 Å². The van der Waals surface area contributed by atoms with Gasteiger partial charge in [-0.1, -0.05) is 12.1 Å². The Morgan fingerprint density at radius 3 is 2.75 bits per heavy atom. The van der Waals surface area contributed by atoms with Gasteiger partial charge in [0, 0.05) is 19.8 Å². The molecule has 0 aliphatic carbocycles. The van der Waals surface area contributed by atoms with Crippen molar-refractivity contribution in [3.05, 3.63) is 54.2 Å². The molecule has 0 bridgehead atoms. The van der Waals surface area contributed by atoms with Crippen molar-refractivity contribution >= 4 is 16.9 Å². The number of aryl methyl sites for hydroxylation is 1. The summed E-state index contributed by atoms with van der Waals surface area (Å²) in [6.07, 6.45) is 4.34. The standard InChI is InChI=1S/C15H15FN4/c1-20-9-7-13-14(18-10-19-15(13)20)17-8-6-11-2-4-12(16)5-3-11/h2-5,7,9-10H,6,8H2,1H3,(H,17,18,19). The molecule has 0 fully saturated rings. The van der Waals surface area contributed by atoms with E-state index in [1.165, 1.54) is 12.1 Å². The summed E-state index contributed by atoms with van der Waals surface area (Å²) < 4.78 is 14.8. The summed E-state index contributed by atoms with van der Waals surface area (Å²) >= 11 is 0. The molecule has 1 aromatic carbocycles. The molecule has 0 atom stereocenters. The summed E-state index contributed by atoms with van der Waals surface area (Å²) in [7, 11) is 1.96. The Bertz CT molecular complexity index is 718. The van der Waals surface area contributed by atoms with Gasteiger partial charge in [-0.3, -0.25) is 0 Å². The summed E-state index contributed by atoms with van der Waals surface area (Å²) in [4.78, 5) is 8.52. The Morgan fingerprint density at radius 2 is 1.95 bits per heavy atom. The first-order chi connectivity index (χ1) is 9.74. The van der Waals surface area contributed by atoms with E-state index in [9.17, 15) is 4.39 Å². The van der Waals surface area contributed by atoms with E-state index < -0.39 is 0 Å². The minimum absolute atomic E-state index is 0.205. The van der Waals surface area contributed by atoms with Crippen LogP contribution in [0.2, 0.25) is 0 Å². The van der Waals surface area contributed by atoms with Crippen LogP contribution < -0.4 is 5.32 Å². The second kappa shape index (κ2) is 5.28. The average molecular weight is 270 g/mol. The Morgan fingerprint density at radius 1 is 1.15 bits per heavy atom. The monoisotopic (exact) mass is 270 g/mol. The van der Waals surface area contributed by atoms with Gasteiger partial charge in [-0.05, 0) is 30.2 Å². The van der Waals surface area contributed by atoms with Crippen LogP contribution in [0.25, 0.3) is 11.0 Å². The molecule has 0 unspecified atom stereocenters. The second-order valence-electron chi connectivity index (χ2n) is 4.69. The Balaban J connectivity index is 1.69. The van der Waals surface area contributed by atoms with Crippen molar-refractivity contribution in [2.24, 2.45) is 7.05 Å². The number of nitrogens with one attached hydrogen (secondary N) is 1. The van der Waals surface area contributed by atoms with Gasteiger partial charge in [0.05, 0.1) is 5.39 Å². The number of aromatic nitrogens is 3. The van der Waals surface area contributed by atoms with E-state index in [0.717, 1.165) is 35.4 Å². The summed E-state index contributed by atoms with van der Waals surface area (Å²) in [5.41, 5.74) is 2.00. The zero-order valence-electron chi connectivity index (χ0n) is 11.2. The lowest BCUT2D eigenvalue weighted by atomic mass is 10.1. The van der Waals surface area contributed by atoms with Crippen molar-refractivity contribution in [3.8, 4) is 0 Å². The Hall–Kier alpha value is -2.43. The van der Waals surface area contributed by atoms with Gasteiger partial charge in [-0.2, -0.15) is 0 Å². The van der Waals surface area contributed by atoms with E-state index in [4.69, 9.17) is 0 Å². The molecule has 0 aliphatic rings. The first kappa shape index (κ1) is 12.6. The molecule has 0 radical (unpaired) electrons. The third kappa shape index (κ3) is 2.47. The van der Waals surface area contributed by atoms with Crippen LogP contribution in [-0.4, -0.2) is 21.1 Å². The van der Waals surface area contributed by atoms with E-state index in [0.29, 0.717) is 0 Å². The molecular weight excluding hydrogens is 255 g/mol. The highest BCUT2D eigenvalue weighted by atomic mass is 19.1. The zero-order chi connectivity index (χ0) is 13.9. The number of fused-ring (bicyclic) bond motifs is 1. The maximum absolute atomic E-state index is 12.8. The van der Waals surface area contributed by atoms with Crippen LogP contribution in [0.5, 0.6) is 0 Å². The second-order valence-corrected chi connectivity index (χ2v) is 4.69. The van der Waals surface area contributed by atoms with Crippen molar-refractivity contribution in [1.82, 2.24) is 14.5 Å². The highest BCUT2D eigenvalue weighted by Gasteiger charge is 2.05. The highest BCUT2D eigenvalue weighted by molar-refractivity contribution is 5.87. The van der Waals surface area contributed by atoms with Gasteiger partial charge in [0.2, 0.25) is 0 Å². The zero-order valence-corrected chi connectivity index (χ0v) is 11.2. The summed E-state index contributed by atoms with van der Waals surface area (Å²) in [6.45, 7) is 0.743. The van der Waals surface area contributed by atoms with Crippen LogP contribution in [-0.2, 0) is 13.5 Å². The Labute approximate surface area is 116 Å². The molecule has 20 heavy (non-hydrogen) atoms. The molecule has 102 valence electrons. The molecule has 2 aromatic heterocycles. The quantitative estimate of drug-likeness (QED) is 0.792. The lowest BCUT2D eigenvalue weighted by molar-refractivity contribution is 0.627. The number of benzene rings is 1. The predicted molar refractivity (Wildman–Crippen MR) is 77.1 cm³/mol. The number of halogens is 1. The van der Waals surface area contributed by atoms with Gasteiger partial charge in [0.15, 0.2) is 0 Å². The number of rotatable bonds is 4. The van der Waals surface area contributed by atoms with Crippen LogP contribution >= 0.6 is 0 Å². The lowest BCUT2D eigenvalue weighted by Crippen LogP contribution is -2.07. The minimum atomic E-state index is -0.205. The Kier molecular flexibility index (Phi) is 3.33. The molecule has 0 saturated carbocycles. The van der Waals surface area contributed by atoms with Crippen LogP contribution in [0.4, 0.5) is 10.2 Å². The van der Waals surface area contributed by atoms with Gasteiger partial charge >= 0.3 is 0 Å². The van der Waals surface area contributed by atoms with E-state index in [1.54, 1.807) is 18.5 Å². The number of anilines is 1. The summed E-state index contributed by atoms with van der Waals surface area (Å²) in [6, 6.07) is 8.56. The maximum Gasteiger partial charge on any atom is 0.145 e. The number of nitrogens with zero attached hydrogens (tertiary/aromatic N) is 3. The minimum Gasteiger partial charge on any atom is -0.369 e. The fraction of sp³-hybridized carbons (Fsp3) is 0.200. The van der Waals surface area contributed by atoms with E-state index in [-0.39, 0.29) is 5.82 Å². The molecule has 0 aliphatic heterocycles. The van der Waals surface area contributed by atoms with Gasteiger partial charge < -0.3 is 9.88 Å². The molecule has 3 rings (SSSR count). The van der Waals surface area contributed by atoms with E-state index in [2.05, 4.69) is 15.3 Å². The molecule has 0 amide bonds. The van der Waals surface area contributed by atoms with Gasteiger partial charge in [0.25, 0.3) is 0 Å². The largest absolute Gasteiger partial charge is 0.369 e. The molecule has 0 saturated heterocycles. The van der Waals surface area contributed by atoms with Crippen molar-refractivity contribution in [2.45, 2.75) is 6.42 Å². The molecule has 3 aromatic rings. The fourth-order valence-electron chi connectivity index (χ4n) is 2.19. The van der Waals surface area contributed by atoms with E-state index >= 15 is 0 Å². The third-order valence-electron chi connectivity index (χ3n) is 3.28. The summed E-state index contributed by atoms with van der Waals surface area (Å²) in [5, 5.41) is 4.31. The van der Waals surface area contributed by atoms with Crippen molar-refractivity contribution in [1.29, 1.82) is 0 Å². The SMILES string of the molecule is Cn1ccc2c(NCCc3ccc(F)cc3)ncnc21. The fourth-order valence-corrected chi connectivity index (χ4v) is 2.19. The van der Waals surface area contributed by atoms with E-state index in [1.807, 2.05) is 23.9 Å².